The smallest absolute Gasteiger partial charge is 0.318 e. The van der Waals surface area contributed by atoms with Crippen molar-refractivity contribution in [2.24, 2.45) is 0 Å². The third-order valence-electron chi connectivity index (χ3n) is 14.1. The SMILES string of the molecule is C=C(Cn1cc(CNc2cc(N3CCCCC3)nc3c(CC)cnn23)ccc1=O)S(=O)c1cc(N2CCc3c(nc(OCC4CCCN4C)nc3N3CCNC(CC#N)C3)C2)c2c(Cl)cccc2c1.CCO. The summed E-state index contributed by atoms with van der Waals surface area (Å²) in [5.41, 5.74) is 5.38. The Morgan fingerprint density at radius 1 is 1.03 bits per heavy atom. The zero-order valence-corrected chi connectivity index (χ0v) is 43.2. The van der Waals surface area contributed by atoms with E-state index in [1.165, 1.54) is 6.42 Å². The minimum absolute atomic E-state index is 0.0384. The van der Waals surface area contributed by atoms with E-state index in [1.54, 1.807) is 17.6 Å². The van der Waals surface area contributed by atoms with E-state index >= 15 is 0 Å². The van der Waals surface area contributed by atoms with Gasteiger partial charge in [-0.25, -0.2) is 9.19 Å². The highest BCUT2D eigenvalue weighted by Crippen LogP contribution is 2.39. The molecule has 6 aromatic rings. The Bertz CT molecular complexity index is 3040. The molecular weight excluding hydrogens is 950 g/mol. The molecule has 0 aliphatic carbocycles. The van der Waals surface area contributed by atoms with Crippen molar-refractivity contribution in [1.82, 2.24) is 39.3 Å². The zero-order chi connectivity index (χ0) is 50.3. The summed E-state index contributed by atoms with van der Waals surface area (Å²) in [4.78, 5) is 38.7. The maximum absolute atomic E-state index is 14.6. The van der Waals surface area contributed by atoms with E-state index < -0.39 is 10.8 Å². The number of benzene rings is 2. The van der Waals surface area contributed by atoms with Gasteiger partial charge in [-0.3, -0.25) is 4.79 Å². The third-order valence-corrected chi connectivity index (χ3v) is 15.8. The van der Waals surface area contributed by atoms with Crippen molar-refractivity contribution in [3.05, 3.63) is 110 Å². The van der Waals surface area contributed by atoms with E-state index in [1.807, 2.05) is 53.3 Å². The number of ether oxygens (including phenoxy) is 1. The van der Waals surface area contributed by atoms with Gasteiger partial charge in [0.2, 0.25) is 0 Å². The van der Waals surface area contributed by atoms with Crippen LogP contribution in [0.25, 0.3) is 16.4 Å². The van der Waals surface area contributed by atoms with Gasteiger partial charge in [0.05, 0.1) is 53.3 Å². The number of piperazine rings is 1. The van der Waals surface area contributed by atoms with Crippen LogP contribution in [0.5, 0.6) is 6.01 Å². The fraction of sp³-hybridized carbons (Fsp3) is 0.472. The molecule has 0 saturated carbocycles. The van der Waals surface area contributed by atoms with Crippen LogP contribution in [-0.2, 0) is 43.3 Å². The molecule has 3 saturated heterocycles. The molecule has 380 valence electrons. The number of aryl methyl sites for hydroxylation is 1. The van der Waals surface area contributed by atoms with E-state index in [9.17, 15) is 14.3 Å². The molecule has 0 amide bonds. The molecule has 17 nitrogen and oxygen atoms in total. The van der Waals surface area contributed by atoms with Crippen LogP contribution in [0.1, 0.15) is 74.8 Å². The number of aliphatic hydroxyl groups excluding tert-OH is 1. The number of aliphatic hydroxyl groups is 1. The normalized spacial score (nSPS) is 18.6. The summed E-state index contributed by atoms with van der Waals surface area (Å²) < 4.78 is 24.4. The molecule has 8 heterocycles. The summed E-state index contributed by atoms with van der Waals surface area (Å²) >= 11 is 7.01. The number of halogens is 1. The van der Waals surface area contributed by atoms with Crippen molar-refractivity contribution in [1.29, 1.82) is 5.26 Å². The Hall–Kier alpha value is -6.10. The molecule has 72 heavy (non-hydrogen) atoms. The maximum Gasteiger partial charge on any atom is 0.318 e. The van der Waals surface area contributed by atoms with Crippen LogP contribution in [0.15, 0.2) is 82.1 Å². The molecule has 3 N–H and O–H groups in total. The second kappa shape index (κ2) is 23.2. The average molecular weight is 1020 g/mol. The first kappa shape index (κ1) is 50.8. The number of nitriles is 1. The van der Waals surface area contributed by atoms with Crippen LogP contribution in [0.3, 0.4) is 0 Å². The molecule has 4 aliphatic rings. The van der Waals surface area contributed by atoms with E-state index in [2.05, 4.69) is 68.0 Å². The van der Waals surface area contributed by atoms with Crippen LogP contribution in [0, 0.1) is 11.3 Å². The quantitative estimate of drug-likeness (QED) is 0.0987. The number of likely N-dealkylation sites (N-methyl/N-ethyl adjacent to an activating group) is 1. The number of anilines is 4. The standard InChI is InChI=1S/C51H60ClN13O3S.C2H6O/c1-4-36-28-56-65-45(26-46(58-49(36)65)61-20-6-5-7-21-61)55-27-35-13-14-47(66)64(30-35)29-34(2)69(67)40-24-37-10-8-12-42(52)48(37)44(25-40)62-22-16-41-43(32-62)57-51(68-33-39-11-9-19-60(39)3)59-50(41)63-23-18-54-38(31-63)15-17-53;1-2-3/h8,10,12-14,24-26,28,30,38-39,54-55H,2,4-7,9,11,15-16,18-23,27,29,31-33H2,1,3H3;3H,2H2,1H3. The second-order valence-electron chi connectivity index (χ2n) is 19.0. The third kappa shape index (κ3) is 11.3. The highest BCUT2D eigenvalue weighted by molar-refractivity contribution is 7.89. The Kier molecular flexibility index (Phi) is 16.4. The predicted octanol–water partition coefficient (Wildman–Crippen LogP) is 6.70. The molecule has 3 unspecified atom stereocenters. The van der Waals surface area contributed by atoms with Crippen molar-refractivity contribution < 1.29 is 14.1 Å². The summed E-state index contributed by atoms with van der Waals surface area (Å²) in [6, 6.07) is 18.1. The number of nitrogens with one attached hydrogen (secondary N) is 2. The molecule has 10 rings (SSSR count). The van der Waals surface area contributed by atoms with E-state index in [0.717, 1.165) is 127 Å². The number of nitrogens with zero attached hydrogens (tertiary/aromatic N) is 11. The molecule has 3 atom stereocenters. The minimum Gasteiger partial charge on any atom is -0.462 e. The molecule has 2 aromatic carbocycles. The fourth-order valence-electron chi connectivity index (χ4n) is 10.3. The van der Waals surface area contributed by atoms with Crippen LogP contribution in [0.4, 0.5) is 23.1 Å². The Labute approximate surface area is 428 Å². The van der Waals surface area contributed by atoms with Crippen molar-refractivity contribution in [2.75, 3.05) is 86.1 Å². The summed E-state index contributed by atoms with van der Waals surface area (Å²) in [6.45, 7) is 15.6. The number of piperidine rings is 1. The van der Waals surface area contributed by atoms with Gasteiger partial charge in [-0.15, -0.1) is 0 Å². The van der Waals surface area contributed by atoms with Gasteiger partial charge < -0.3 is 44.6 Å². The first-order valence-corrected chi connectivity index (χ1v) is 26.9. The maximum atomic E-state index is 14.6. The lowest BCUT2D eigenvalue weighted by Gasteiger charge is -2.37. The van der Waals surface area contributed by atoms with Crippen molar-refractivity contribution >= 4 is 62.0 Å². The van der Waals surface area contributed by atoms with Crippen molar-refractivity contribution in [3.63, 3.8) is 0 Å². The van der Waals surface area contributed by atoms with Crippen LogP contribution >= 0.6 is 11.6 Å². The van der Waals surface area contributed by atoms with Gasteiger partial charge in [-0.05, 0) is 94.6 Å². The lowest BCUT2D eigenvalue weighted by atomic mass is 10.0. The highest BCUT2D eigenvalue weighted by atomic mass is 35.5. The fourth-order valence-corrected chi connectivity index (χ4v) is 11.6. The van der Waals surface area contributed by atoms with Gasteiger partial charge in [0, 0.05) is 115 Å². The zero-order valence-electron chi connectivity index (χ0n) is 41.7. The number of hydrogen-bond donors (Lipinski definition) is 3. The van der Waals surface area contributed by atoms with E-state index in [4.69, 9.17) is 36.4 Å². The van der Waals surface area contributed by atoms with E-state index in [-0.39, 0.29) is 24.8 Å². The predicted molar refractivity (Wildman–Crippen MR) is 286 cm³/mol. The summed E-state index contributed by atoms with van der Waals surface area (Å²) in [6.07, 6.45) is 11.3. The average Bonchev–Trinajstić information content (AvgIpc) is 4.03. The molecule has 4 aliphatic heterocycles. The molecule has 19 heteroatoms. The van der Waals surface area contributed by atoms with Gasteiger partial charge >= 0.3 is 6.01 Å². The topological polar surface area (TPSA) is 185 Å². The molecule has 0 bridgehead atoms. The summed E-state index contributed by atoms with van der Waals surface area (Å²) in [5, 5.41) is 31.1. The van der Waals surface area contributed by atoms with Gasteiger partial charge in [0.1, 0.15) is 24.1 Å². The number of aromatic nitrogens is 6. The number of hydrogen-bond acceptors (Lipinski definition) is 15. The van der Waals surface area contributed by atoms with Gasteiger partial charge in [0.25, 0.3) is 5.56 Å². The monoisotopic (exact) mass is 1020 g/mol. The highest BCUT2D eigenvalue weighted by Gasteiger charge is 2.31. The molecule has 0 radical (unpaired) electrons. The first-order chi connectivity index (χ1) is 35.0. The van der Waals surface area contributed by atoms with Gasteiger partial charge in [-0.2, -0.15) is 24.8 Å². The minimum atomic E-state index is -1.69. The summed E-state index contributed by atoms with van der Waals surface area (Å²) in [7, 11) is 0.441. The molecule has 4 aromatic heterocycles. The Balaban J connectivity index is 0.00000208. The summed E-state index contributed by atoms with van der Waals surface area (Å²) in [5.74, 6) is 2.63. The first-order valence-electron chi connectivity index (χ1n) is 25.4. The molecular formula is C53H66ClN13O4S. The van der Waals surface area contributed by atoms with E-state index in [0.29, 0.717) is 72.5 Å². The van der Waals surface area contributed by atoms with Crippen molar-refractivity contribution in [3.8, 4) is 12.1 Å². The van der Waals surface area contributed by atoms with Crippen LogP contribution < -0.4 is 35.6 Å². The van der Waals surface area contributed by atoms with Gasteiger partial charge in [0.15, 0.2) is 5.65 Å². The number of fused-ring (bicyclic) bond motifs is 3. The lowest BCUT2D eigenvalue weighted by Crippen LogP contribution is -2.51. The number of pyridine rings is 1. The van der Waals surface area contributed by atoms with Crippen LogP contribution in [0.2, 0.25) is 5.02 Å². The lowest BCUT2D eigenvalue weighted by molar-refractivity contribution is 0.187. The number of rotatable bonds is 15. The van der Waals surface area contributed by atoms with Crippen molar-refractivity contribution in [2.45, 2.75) is 102 Å². The van der Waals surface area contributed by atoms with Gasteiger partial charge in [-0.1, -0.05) is 43.3 Å². The van der Waals surface area contributed by atoms with Crippen LogP contribution in [-0.4, -0.2) is 122 Å². The number of allylic oxidation sites excluding steroid dienone is 1. The Morgan fingerprint density at radius 3 is 2.64 bits per heavy atom. The molecule has 3 fully saturated rings. The second-order valence-corrected chi connectivity index (χ2v) is 21.0. The largest absolute Gasteiger partial charge is 0.462 e. The Morgan fingerprint density at radius 2 is 1.86 bits per heavy atom. The number of likely N-dealkylation sites (tertiary alicyclic amines) is 1. The molecule has 0 spiro atoms.